The smallest absolute Gasteiger partial charge is 0.133 e. The van der Waals surface area contributed by atoms with E-state index in [1.54, 1.807) is 24.3 Å². The Balaban J connectivity index is 1.71. The van der Waals surface area contributed by atoms with Crippen LogP contribution in [0.1, 0.15) is 23.1 Å². The first kappa shape index (κ1) is 15.5. The molecule has 0 saturated heterocycles. The normalized spacial score (nSPS) is 18.6. The maximum Gasteiger partial charge on any atom is 0.133 e. The van der Waals surface area contributed by atoms with Crippen LogP contribution < -0.4 is 4.74 Å². The molecule has 0 aromatic heterocycles. The van der Waals surface area contributed by atoms with Crippen LogP contribution in [0.15, 0.2) is 66.7 Å². The highest BCUT2D eigenvalue weighted by Crippen LogP contribution is 2.47. The number of hydrogen-bond acceptors (Lipinski definition) is 4. The number of phenols is 2. The molecule has 1 heterocycles. The summed E-state index contributed by atoms with van der Waals surface area (Å²) in [6.45, 7) is -0.0302. The Hall–Kier alpha value is -2.98. The molecule has 0 radical (unpaired) electrons. The molecule has 0 aliphatic carbocycles. The molecule has 0 unspecified atom stereocenters. The predicted molar refractivity (Wildman–Crippen MR) is 94.8 cm³/mol. The van der Waals surface area contributed by atoms with Gasteiger partial charge in [-0.25, -0.2) is 0 Å². The third kappa shape index (κ3) is 2.81. The molecule has 4 nitrogen and oxygen atoms in total. The monoisotopic (exact) mass is 334 g/mol. The van der Waals surface area contributed by atoms with Gasteiger partial charge in [-0.1, -0.05) is 30.3 Å². The van der Waals surface area contributed by atoms with E-state index >= 15 is 0 Å². The molecule has 25 heavy (non-hydrogen) atoms. The number of aliphatic hydroxyl groups is 1. The second-order valence-corrected chi connectivity index (χ2v) is 6.22. The van der Waals surface area contributed by atoms with Crippen LogP contribution in [-0.2, 0) is 0 Å². The van der Waals surface area contributed by atoms with Gasteiger partial charge in [-0.05, 0) is 53.1 Å². The van der Waals surface area contributed by atoms with E-state index in [9.17, 15) is 15.3 Å². The van der Waals surface area contributed by atoms with Crippen molar-refractivity contribution in [2.24, 2.45) is 0 Å². The molecule has 0 amide bonds. The van der Waals surface area contributed by atoms with Gasteiger partial charge in [0.1, 0.15) is 23.4 Å². The van der Waals surface area contributed by atoms with Crippen LogP contribution in [0.5, 0.6) is 17.2 Å². The Labute approximate surface area is 145 Å². The molecule has 1 aliphatic rings. The molecule has 3 aromatic rings. The Morgan fingerprint density at radius 2 is 1.36 bits per heavy atom. The lowest BCUT2D eigenvalue weighted by Gasteiger charge is -2.17. The van der Waals surface area contributed by atoms with Crippen molar-refractivity contribution >= 4 is 0 Å². The number of rotatable bonds is 3. The van der Waals surface area contributed by atoms with E-state index in [4.69, 9.17) is 4.74 Å². The maximum atomic E-state index is 9.93. The molecule has 0 saturated carbocycles. The van der Waals surface area contributed by atoms with Crippen molar-refractivity contribution in [3.8, 4) is 28.4 Å². The van der Waals surface area contributed by atoms with Gasteiger partial charge < -0.3 is 20.1 Å². The average Bonchev–Trinajstić information content (AvgIpc) is 3.00. The van der Waals surface area contributed by atoms with Crippen LogP contribution >= 0.6 is 0 Å². The highest BCUT2D eigenvalue weighted by atomic mass is 16.5. The van der Waals surface area contributed by atoms with Crippen LogP contribution in [-0.4, -0.2) is 21.9 Å². The first-order chi connectivity index (χ1) is 12.2. The van der Waals surface area contributed by atoms with E-state index in [-0.39, 0.29) is 30.1 Å². The fourth-order valence-corrected chi connectivity index (χ4v) is 3.32. The summed E-state index contributed by atoms with van der Waals surface area (Å²) in [4.78, 5) is 0. The van der Waals surface area contributed by atoms with Crippen molar-refractivity contribution in [2.45, 2.75) is 12.0 Å². The molecule has 0 spiro atoms. The van der Waals surface area contributed by atoms with Gasteiger partial charge >= 0.3 is 0 Å². The quantitative estimate of drug-likeness (QED) is 0.678. The summed E-state index contributed by atoms with van der Waals surface area (Å²) in [5, 5.41) is 28.9. The van der Waals surface area contributed by atoms with Gasteiger partial charge in [-0.2, -0.15) is 0 Å². The van der Waals surface area contributed by atoms with Crippen LogP contribution in [0, 0.1) is 0 Å². The molecular formula is C21H18O4. The minimum Gasteiger partial charge on any atom is -0.508 e. The largest absolute Gasteiger partial charge is 0.508 e. The summed E-state index contributed by atoms with van der Waals surface area (Å²) in [6, 6.07) is 19.8. The standard InChI is InChI=1S/C21H18O4/c22-12-19-18-11-15(13-1-6-16(23)7-2-13)5-10-20(18)25-21(19)14-3-8-17(24)9-4-14/h1-11,19,21-24H,12H2/t19-,21+/m0/s1. The van der Waals surface area contributed by atoms with Crippen molar-refractivity contribution in [3.63, 3.8) is 0 Å². The number of aromatic hydroxyl groups is 2. The van der Waals surface area contributed by atoms with Crippen molar-refractivity contribution in [1.29, 1.82) is 0 Å². The van der Waals surface area contributed by atoms with Gasteiger partial charge in [0.25, 0.3) is 0 Å². The van der Waals surface area contributed by atoms with E-state index in [2.05, 4.69) is 0 Å². The van der Waals surface area contributed by atoms with Crippen LogP contribution in [0.3, 0.4) is 0 Å². The highest BCUT2D eigenvalue weighted by molar-refractivity contribution is 5.67. The van der Waals surface area contributed by atoms with E-state index in [1.165, 1.54) is 0 Å². The Kier molecular flexibility index (Phi) is 3.82. The molecule has 3 N–H and O–H groups in total. The predicted octanol–water partition coefficient (Wildman–Crippen LogP) is 3.97. The summed E-state index contributed by atoms with van der Waals surface area (Å²) in [7, 11) is 0. The lowest BCUT2D eigenvalue weighted by atomic mass is 9.90. The van der Waals surface area contributed by atoms with Crippen molar-refractivity contribution in [1.82, 2.24) is 0 Å². The summed E-state index contributed by atoms with van der Waals surface area (Å²) < 4.78 is 6.06. The summed E-state index contributed by atoms with van der Waals surface area (Å²) in [5.74, 6) is 1.03. The molecule has 2 atom stereocenters. The second-order valence-electron chi connectivity index (χ2n) is 6.22. The lowest BCUT2D eigenvalue weighted by Crippen LogP contribution is -2.13. The summed E-state index contributed by atoms with van der Waals surface area (Å²) >= 11 is 0. The molecule has 0 bridgehead atoms. The number of benzene rings is 3. The highest BCUT2D eigenvalue weighted by Gasteiger charge is 2.35. The SMILES string of the molecule is OC[C@H]1c2cc(-c3ccc(O)cc3)ccc2O[C@@H]1c1ccc(O)cc1. The van der Waals surface area contributed by atoms with Gasteiger partial charge in [0.2, 0.25) is 0 Å². The van der Waals surface area contributed by atoms with Crippen LogP contribution in [0.4, 0.5) is 0 Å². The van der Waals surface area contributed by atoms with Gasteiger partial charge in [0.05, 0.1) is 12.5 Å². The molecule has 3 aromatic carbocycles. The fourth-order valence-electron chi connectivity index (χ4n) is 3.32. The summed E-state index contributed by atoms with van der Waals surface area (Å²) in [5.41, 5.74) is 3.88. The Bertz CT molecular complexity index is 885. The lowest BCUT2D eigenvalue weighted by molar-refractivity contribution is 0.160. The van der Waals surface area contributed by atoms with Crippen LogP contribution in [0.2, 0.25) is 0 Å². The maximum absolute atomic E-state index is 9.93. The van der Waals surface area contributed by atoms with Gasteiger partial charge in [0.15, 0.2) is 0 Å². The minimum atomic E-state index is -0.282. The number of phenolic OH excluding ortho intramolecular Hbond substituents is 2. The zero-order chi connectivity index (χ0) is 17.4. The zero-order valence-electron chi connectivity index (χ0n) is 13.5. The zero-order valence-corrected chi connectivity index (χ0v) is 13.5. The second kappa shape index (κ2) is 6.15. The molecule has 126 valence electrons. The number of aliphatic hydroxyl groups excluding tert-OH is 1. The molecular weight excluding hydrogens is 316 g/mol. The Morgan fingerprint density at radius 1 is 0.760 bits per heavy atom. The fraction of sp³-hybridized carbons (Fsp3) is 0.143. The molecule has 4 heteroatoms. The Morgan fingerprint density at radius 3 is 2.00 bits per heavy atom. The van der Waals surface area contributed by atoms with E-state index in [0.717, 1.165) is 28.0 Å². The minimum absolute atomic E-state index is 0.0302. The topological polar surface area (TPSA) is 69.9 Å². The number of hydrogen-bond donors (Lipinski definition) is 3. The number of ether oxygens (including phenoxy) is 1. The van der Waals surface area contributed by atoms with Crippen molar-refractivity contribution in [3.05, 3.63) is 77.9 Å². The molecule has 4 rings (SSSR count). The third-order valence-corrected chi connectivity index (χ3v) is 4.65. The third-order valence-electron chi connectivity index (χ3n) is 4.65. The number of fused-ring (bicyclic) bond motifs is 1. The van der Waals surface area contributed by atoms with Gasteiger partial charge in [-0.15, -0.1) is 0 Å². The van der Waals surface area contributed by atoms with Crippen LogP contribution in [0.25, 0.3) is 11.1 Å². The molecule has 0 fully saturated rings. The van der Waals surface area contributed by atoms with Crippen molar-refractivity contribution in [2.75, 3.05) is 6.61 Å². The van der Waals surface area contributed by atoms with Gasteiger partial charge in [0, 0.05) is 5.56 Å². The summed E-state index contributed by atoms with van der Waals surface area (Å²) in [6.07, 6.45) is -0.282. The van der Waals surface area contributed by atoms with Crippen molar-refractivity contribution < 1.29 is 20.1 Å². The average molecular weight is 334 g/mol. The van der Waals surface area contributed by atoms with E-state index < -0.39 is 0 Å². The van der Waals surface area contributed by atoms with Gasteiger partial charge in [-0.3, -0.25) is 0 Å². The van der Waals surface area contributed by atoms with E-state index in [0.29, 0.717) is 0 Å². The van der Waals surface area contributed by atoms with E-state index in [1.807, 2.05) is 42.5 Å². The first-order valence-electron chi connectivity index (χ1n) is 8.15. The first-order valence-corrected chi connectivity index (χ1v) is 8.15. The molecule has 1 aliphatic heterocycles.